The van der Waals surface area contributed by atoms with E-state index in [9.17, 15) is 8.42 Å². The summed E-state index contributed by atoms with van der Waals surface area (Å²) in [7, 11) is -3.14. The zero-order chi connectivity index (χ0) is 13.9. The molecule has 2 fully saturated rings. The highest BCUT2D eigenvalue weighted by Gasteiger charge is 2.69. The fourth-order valence-corrected chi connectivity index (χ4v) is 7.59. The molecule has 0 aromatic rings. The lowest BCUT2D eigenvalue weighted by atomic mass is 9.61. The first-order chi connectivity index (χ1) is 8.71. The van der Waals surface area contributed by atoms with Crippen LogP contribution in [0.15, 0.2) is 12.2 Å². The van der Waals surface area contributed by atoms with E-state index in [0.29, 0.717) is 5.75 Å². The Morgan fingerprint density at radius 3 is 2.53 bits per heavy atom. The van der Waals surface area contributed by atoms with Crippen molar-refractivity contribution in [2.45, 2.75) is 63.9 Å². The van der Waals surface area contributed by atoms with Gasteiger partial charge in [-0.1, -0.05) is 18.6 Å². The molecule has 1 saturated heterocycles. The van der Waals surface area contributed by atoms with Crippen molar-refractivity contribution < 1.29 is 13.2 Å². The molecule has 4 heteroatoms. The summed E-state index contributed by atoms with van der Waals surface area (Å²) < 4.78 is 31.4. The van der Waals surface area contributed by atoms with Crippen molar-refractivity contribution in [1.82, 2.24) is 0 Å². The van der Waals surface area contributed by atoms with Crippen LogP contribution in [0.2, 0.25) is 0 Å². The molecule has 3 aliphatic rings. The molecule has 1 aliphatic heterocycles. The van der Waals surface area contributed by atoms with Gasteiger partial charge in [0.15, 0.2) is 15.3 Å². The lowest BCUT2D eigenvalue weighted by Crippen LogP contribution is -2.46. The van der Waals surface area contributed by atoms with Gasteiger partial charge in [-0.25, -0.2) is 8.42 Å². The molecule has 3 nitrogen and oxygen atoms in total. The van der Waals surface area contributed by atoms with Crippen molar-refractivity contribution in [2.24, 2.45) is 10.8 Å². The second-order valence-electron chi connectivity index (χ2n) is 7.54. The predicted octanol–water partition coefficient (Wildman–Crippen LogP) is 3.06. The van der Waals surface area contributed by atoms with Gasteiger partial charge in [0.25, 0.3) is 0 Å². The third-order valence-corrected chi connectivity index (χ3v) is 7.36. The Bertz CT molecular complexity index is 514. The van der Waals surface area contributed by atoms with Crippen molar-refractivity contribution in [1.29, 1.82) is 0 Å². The zero-order valence-corrected chi connectivity index (χ0v) is 12.9. The second kappa shape index (κ2) is 3.85. The van der Waals surface area contributed by atoms with E-state index < -0.39 is 20.9 Å². The fourth-order valence-electron chi connectivity index (χ4n) is 4.53. The Morgan fingerprint density at radius 1 is 1.16 bits per heavy atom. The van der Waals surface area contributed by atoms with Crippen LogP contribution in [-0.2, 0) is 14.6 Å². The van der Waals surface area contributed by atoms with Crippen molar-refractivity contribution in [2.75, 3.05) is 5.75 Å². The largest absolute Gasteiger partial charge is 0.356 e. The molecule has 2 aliphatic carbocycles. The van der Waals surface area contributed by atoms with Crippen LogP contribution in [0.25, 0.3) is 0 Å². The number of hydrogen-bond acceptors (Lipinski definition) is 3. The van der Waals surface area contributed by atoms with Crippen LogP contribution in [0.3, 0.4) is 0 Å². The topological polar surface area (TPSA) is 43.4 Å². The molecule has 1 heterocycles. The summed E-state index contributed by atoms with van der Waals surface area (Å²) in [5.41, 5.74) is -1.22. The molecule has 0 aromatic carbocycles. The van der Waals surface area contributed by atoms with Crippen LogP contribution < -0.4 is 0 Å². The SMILES string of the molecule is CC(C)(C)O[C@@H]1[C@]23CC=CC[C@]2(CCC3)CS1(=O)=O. The van der Waals surface area contributed by atoms with Gasteiger partial charge in [-0.3, -0.25) is 0 Å². The Labute approximate surface area is 116 Å². The number of rotatable bonds is 1. The van der Waals surface area contributed by atoms with E-state index in [1.807, 2.05) is 20.8 Å². The summed E-state index contributed by atoms with van der Waals surface area (Å²) in [6.45, 7) is 5.85. The van der Waals surface area contributed by atoms with Crippen molar-refractivity contribution >= 4 is 9.84 Å². The Hall–Kier alpha value is -0.350. The summed E-state index contributed by atoms with van der Waals surface area (Å²) in [6.07, 6.45) is 9.31. The monoisotopic (exact) mass is 284 g/mol. The number of allylic oxidation sites excluding steroid dienone is 2. The molecule has 0 spiro atoms. The summed E-state index contributed by atoms with van der Waals surface area (Å²) in [6, 6.07) is 0. The molecule has 0 radical (unpaired) electrons. The van der Waals surface area contributed by atoms with Crippen LogP contribution in [0.5, 0.6) is 0 Å². The molecular weight excluding hydrogens is 260 g/mol. The van der Waals surface area contributed by atoms with E-state index in [0.717, 1.165) is 32.1 Å². The summed E-state index contributed by atoms with van der Waals surface area (Å²) in [5.74, 6) is 0.324. The van der Waals surface area contributed by atoms with E-state index >= 15 is 0 Å². The maximum Gasteiger partial charge on any atom is 0.178 e. The first-order valence-electron chi connectivity index (χ1n) is 7.25. The smallest absolute Gasteiger partial charge is 0.178 e. The molecule has 0 bridgehead atoms. The van der Waals surface area contributed by atoms with E-state index in [-0.39, 0.29) is 10.8 Å². The second-order valence-corrected chi connectivity index (χ2v) is 9.58. The Morgan fingerprint density at radius 2 is 1.84 bits per heavy atom. The van der Waals surface area contributed by atoms with Gasteiger partial charge in [-0.05, 0) is 51.9 Å². The predicted molar refractivity (Wildman–Crippen MR) is 75.5 cm³/mol. The average molecular weight is 284 g/mol. The highest BCUT2D eigenvalue weighted by Crippen LogP contribution is 2.67. The number of sulfone groups is 1. The third-order valence-electron chi connectivity index (χ3n) is 5.21. The van der Waals surface area contributed by atoms with Crippen LogP contribution in [0, 0.1) is 10.8 Å². The van der Waals surface area contributed by atoms with Crippen LogP contribution in [-0.4, -0.2) is 25.2 Å². The van der Waals surface area contributed by atoms with Gasteiger partial charge < -0.3 is 4.74 Å². The molecule has 0 unspecified atom stereocenters. The van der Waals surface area contributed by atoms with Gasteiger partial charge in [-0.2, -0.15) is 0 Å². The molecule has 3 rings (SSSR count). The van der Waals surface area contributed by atoms with Crippen LogP contribution in [0.4, 0.5) is 0 Å². The molecule has 1 saturated carbocycles. The van der Waals surface area contributed by atoms with E-state index in [1.165, 1.54) is 0 Å². The summed E-state index contributed by atoms with van der Waals surface area (Å²) in [4.78, 5) is 0. The summed E-state index contributed by atoms with van der Waals surface area (Å²) >= 11 is 0. The lowest BCUT2D eigenvalue weighted by molar-refractivity contribution is -0.0984. The standard InChI is InChI=1S/C15H24O3S/c1-13(2,3)18-12-15-9-5-4-7-14(15,8-6-10-15)11-19(12,16)17/h4-5,12H,6-11H2,1-3H3/t12-,14-,15+/m0/s1. The number of ether oxygens (including phenoxy) is 1. The minimum absolute atomic E-state index is 0.0451. The van der Waals surface area contributed by atoms with Gasteiger partial charge in [0, 0.05) is 5.41 Å². The zero-order valence-electron chi connectivity index (χ0n) is 12.1. The maximum absolute atomic E-state index is 12.7. The first-order valence-corrected chi connectivity index (χ1v) is 8.97. The van der Waals surface area contributed by atoms with Gasteiger partial charge in [0.2, 0.25) is 0 Å². The fraction of sp³-hybridized carbons (Fsp3) is 0.867. The van der Waals surface area contributed by atoms with Gasteiger partial charge in [-0.15, -0.1) is 0 Å². The van der Waals surface area contributed by atoms with Crippen molar-refractivity contribution in [3.8, 4) is 0 Å². The van der Waals surface area contributed by atoms with Crippen molar-refractivity contribution in [3.63, 3.8) is 0 Å². The molecule has 0 amide bonds. The molecular formula is C15H24O3S. The quantitative estimate of drug-likeness (QED) is 0.695. The molecule has 19 heavy (non-hydrogen) atoms. The van der Waals surface area contributed by atoms with Crippen LogP contribution in [0.1, 0.15) is 52.9 Å². The third kappa shape index (κ3) is 1.83. The van der Waals surface area contributed by atoms with Gasteiger partial charge in [0.1, 0.15) is 0 Å². The Kier molecular flexibility index (Phi) is 2.76. The minimum Gasteiger partial charge on any atom is -0.356 e. The van der Waals surface area contributed by atoms with Gasteiger partial charge in [0.05, 0.1) is 11.4 Å². The highest BCUT2D eigenvalue weighted by molar-refractivity contribution is 7.92. The van der Waals surface area contributed by atoms with Crippen LogP contribution >= 0.6 is 0 Å². The average Bonchev–Trinajstić information content (AvgIpc) is 2.70. The van der Waals surface area contributed by atoms with Gasteiger partial charge >= 0.3 is 0 Å². The molecule has 3 atom stereocenters. The minimum atomic E-state index is -3.14. The lowest BCUT2D eigenvalue weighted by Gasteiger charge is -2.44. The number of hydrogen-bond donors (Lipinski definition) is 0. The molecule has 0 aromatic heterocycles. The molecule has 0 N–H and O–H groups in total. The normalized spacial score (nSPS) is 44.1. The maximum atomic E-state index is 12.7. The van der Waals surface area contributed by atoms with Crippen molar-refractivity contribution in [3.05, 3.63) is 12.2 Å². The molecule has 108 valence electrons. The summed E-state index contributed by atoms with van der Waals surface area (Å²) in [5, 5.41) is 0. The van der Waals surface area contributed by atoms with E-state index in [2.05, 4.69) is 12.2 Å². The van der Waals surface area contributed by atoms with E-state index in [4.69, 9.17) is 4.74 Å². The van der Waals surface area contributed by atoms with E-state index in [1.54, 1.807) is 0 Å². The Balaban J connectivity index is 2.09. The first kappa shape index (κ1) is 13.6. The highest BCUT2D eigenvalue weighted by atomic mass is 32.2.